The molecular formula is C24H31N5O. The second-order valence-corrected chi connectivity index (χ2v) is 7.11. The molecule has 0 atom stereocenters. The Morgan fingerprint density at radius 3 is 2.60 bits per heavy atom. The Morgan fingerprint density at radius 1 is 1.20 bits per heavy atom. The van der Waals surface area contributed by atoms with Gasteiger partial charge in [0.05, 0.1) is 12.0 Å². The lowest BCUT2D eigenvalue weighted by Crippen LogP contribution is -2.13. The lowest BCUT2D eigenvalue weighted by Gasteiger charge is -2.14. The van der Waals surface area contributed by atoms with Gasteiger partial charge in [-0.1, -0.05) is 19.1 Å². The SMILES string of the molecule is CC/C=C(\C)C(=N)\C=C/C(C)=C(C)\C(CNc1nccc(-c2ccco2)n1)=C(\C)N. The highest BCUT2D eigenvalue weighted by atomic mass is 16.3. The molecule has 158 valence electrons. The van der Waals surface area contributed by atoms with Crippen LogP contribution in [0.1, 0.15) is 41.0 Å². The van der Waals surface area contributed by atoms with Crippen molar-refractivity contribution in [2.24, 2.45) is 5.73 Å². The fourth-order valence-corrected chi connectivity index (χ4v) is 2.86. The summed E-state index contributed by atoms with van der Waals surface area (Å²) in [4.78, 5) is 8.79. The van der Waals surface area contributed by atoms with Gasteiger partial charge in [-0.15, -0.1) is 0 Å². The molecule has 0 aromatic carbocycles. The molecule has 0 aliphatic rings. The molecule has 30 heavy (non-hydrogen) atoms. The van der Waals surface area contributed by atoms with Gasteiger partial charge in [-0.3, -0.25) is 0 Å². The number of hydrogen-bond donors (Lipinski definition) is 3. The largest absolute Gasteiger partial charge is 0.463 e. The molecule has 0 saturated heterocycles. The summed E-state index contributed by atoms with van der Waals surface area (Å²) in [7, 11) is 0. The van der Waals surface area contributed by atoms with Gasteiger partial charge >= 0.3 is 0 Å². The van der Waals surface area contributed by atoms with Crippen molar-refractivity contribution >= 4 is 11.7 Å². The van der Waals surface area contributed by atoms with Crippen molar-refractivity contribution in [1.29, 1.82) is 5.41 Å². The standard InChI is InChI=1S/C24H31N5O/c1-6-8-17(3)21(26)11-10-16(2)18(4)20(19(5)25)15-28-24-27-13-12-22(29-24)23-9-7-14-30-23/h7-14,26H,6,15,25H2,1-5H3,(H,27,28,29)/b11-10-,17-8+,18-16-,20-19-,26-21?. The van der Waals surface area contributed by atoms with Crippen LogP contribution in [0.5, 0.6) is 0 Å². The predicted octanol–water partition coefficient (Wildman–Crippen LogP) is 5.65. The first-order valence-electron chi connectivity index (χ1n) is 10.0. The van der Waals surface area contributed by atoms with Crippen molar-refractivity contribution in [3.63, 3.8) is 0 Å². The number of furan rings is 1. The van der Waals surface area contributed by atoms with Crippen molar-refractivity contribution in [2.75, 3.05) is 11.9 Å². The van der Waals surface area contributed by atoms with Gasteiger partial charge in [0.15, 0.2) is 5.76 Å². The van der Waals surface area contributed by atoms with Gasteiger partial charge in [-0.2, -0.15) is 0 Å². The Kier molecular flexibility index (Phi) is 8.35. The van der Waals surface area contributed by atoms with E-state index in [9.17, 15) is 0 Å². The first-order valence-corrected chi connectivity index (χ1v) is 10.0. The number of rotatable bonds is 9. The number of aromatic nitrogens is 2. The molecule has 0 aliphatic carbocycles. The quantitative estimate of drug-likeness (QED) is 0.370. The van der Waals surface area contributed by atoms with E-state index in [4.69, 9.17) is 15.6 Å². The molecule has 0 fully saturated rings. The zero-order chi connectivity index (χ0) is 22.1. The van der Waals surface area contributed by atoms with Gasteiger partial charge < -0.3 is 20.9 Å². The van der Waals surface area contributed by atoms with Crippen molar-refractivity contribution in [1.82, 2.24) is 9.97 Å². The monoisotopic (exact) mass is 405 g/mol. The van der Waals surface area contributed by atoms with Crippen LogP contribution in [0.15, 0.2) is 81.3 Å². The summed E-state index contributed by atoms with van der Waals surface area (Å²) in [6.45, 7) is 10.5. The molecule has 0 saturated carbocycles. The zero-order valence-electron chi connectivity index (χ0n) is 18.4. The van der Waals surface area contributed by atoms with Crippen LogP contribution in [0.2, 0.25) is 0 Å². The molecule has 6 heteroatoms. The second kappa shape index (κ2) is 11.0. The zero-order valence-corrected chi connectivity index (χ0v) is 18.4. The summed E-state index contributed by atoms with van der Waals surface area (Å²) in [5, 5.41) is 11.4. The summed E-state index contributed by atoms with van der Waals surface area (Å²) in [5.74, 6) is 1.20. The summed E-state index contributed by atoms with van der Waals surface area (Å²) < 4.78 is 5.40. The fraction of sp³-hybridized carbons (Fsp3) is 0.292. The van der Waals surface area contributed by atoms with E-state index in [1.165, 1.54) is 0 Å². The van der Waals surface area contributed by atoms with Gasteiger partial charge in [0.1, 0.15) is 5.69 Å². The van der Waals surface area contributed by atoms with E-state index >= 15 is 0 Å². The minimum atomic E-state index is 0.493. The van der Waals surface area contributed by atoms with Crippen LogP contribution in [0.25, 0.3) is 11.5 Å². The van der Waals surface area contributed by atoms with Gasteiger partial charge in [0.2, 0.25) is 5.95 Å². The van der Waals surface area contributed by atoms with Crippen LogP contribution in [-0.2, 0) is 0 Å². The van der Waals surface area contributed by atoms with E-state index in [1.807, 2.05) is 52.0 Å². The van der Waals surface area contributed by atoms with Crippen LogP contribution < -0.4 is 11.1 Å². The smallest absolute Gasteiger partial charge is 0.223 e. The van der Waals surface area contributed by atoms with E-state index in [0.29, 0.717) is 29.7 Å². The van der Waals surface area contributed by atoms with Crippen molar-refractivity contribution in [3.8, 4) is 11.5 Å². The van der Waals surface area contributed by atoms with Crippen molar-refractivity contribution in [3.05, 3.63) is 76.9 Å². The van der Waals surface area contributed by atoms with Crippen molar-refractivity contribution < 1.29 is 4.42 Å². The molecular weight excluding hydrogens is 374 g/mol. The number of hydrogen-bond acceptors (Lipinski definition) is 6. The van der Waals surface area contributed by atoms with Gasteiger partial charge in [0.25, 0.3) is 0 Å². The third-order valence-corrected chi connectivity index (χ3v) is 4.81. The number of anilines is 1. The average Bonchev–Trinajstić information content (AvgIpc) is 3.26. The highest BCUT2D eigenvalue weighted by Gasteiger charge is 2.09. The maximum Gasteiger partial charge on any atom is 0.223 e. The Balaban J connectivity index is 2.15. The number of allylic oxidation sites excluding steroid dienone is 6. The van der Waals surface area contributed by atoms with E-state index < -0.39 is 0 Å². The lowest BCUT2D eigenvalue weighted by molar-refractivity contribution is 0.580. The summed E-state index contributed by atoms with van der Waals surface area (Å²) in [6.07, 6.45) is 10.1. The predicted molar refractivity (Wildman–Crippen MR) is 124 cm³/mol. The third-order valence-electron chi connectivity index (χ3n) is 4.81. The number of nitrogens with one attached hydrogen (secondary N) is 2. The molecule has 2 heterocycles. The molecule has 2 aromatic heterocycles. The Morgan fingerprint density at radius 2 is 1.97 bits per heavy atom. The maximum absolute atomic E-state index is 8.15. The van der Waals surface area contributed by atoms with Crippen LogP contribution in [0, 0.1) is 5.41 Å². The Hall–Kier alpha value is -3.41. The molecule has 2 aromatic rings. The highest BCUT2D eigenvalue weighted by molar-refractivity contribution is 6.05. The van der Waals surface area contributed by atoms with E-state index in [-0.39, 0.29) is 0 Å². The summed E-state index contributed by atoms with van der Waals surface area (Å²) >= 11 is 0. The Bertz CT molecular complexity index is 990. The minimum absolute atomic E-state index is 0.493. The molecule has 2 rings (SSSR count). The van der Waals surface area contributed by atoms with E-state index in [0.717, 1.165) is 34.4 Å². The van der Waals surface area contributed by atoms with Crippen LogP contribution in [-0.4, -0.2) is 22.2 Å². The number of nitrogens with zero attached hydrogens (tertiary/aromatic N) is 2. The van der Waals surface area contributed by atoms with E-state index in [2.05, 4.69) is 28.3 Å². The van der Waals surface area contributed by atoms with Crippen molar-refractivity contribution in [2.45, 2.75) is 41.0 Å². The molecule has 0 radical (unpaired) electrons. The molecule has 0 spiro atoms. The minimum Gasteiger partial charge on any atom is -0.463 e. The van der Waals surface area contributed by atoms with Crippen LogP contribution >= 0.6 is 0 Å². The molecule has 0 aliphatic heterocycles. The van der Waals surface area contributed by atoms with Gasteiger partial charge in [-0.05, 0) is 80.7 Å². The Labute approximate surface area is 178 Å². The molecule has 4 N–H and O–H groups in total. The van der Waals surface area contributed by atoms with Crippen LogP contribution in [0.4, 0.5) is 5.95 Å². The fourth-order valence-electron chi connectivity index (χ4n) is 2.86. The first-order chi connectivity index (χ1) is 14.3. The van der Waals surface area contributed by atoms with Crippen LogP contribution in [0.3, 0.4) is 0 Å². The first kappa shape index (κ1) is 22.9. The van der Waals surface area contributed by atoms with Gasteiger partial charge in [-0.25, -0.2) is 9.97 Å². The summed E-state index contributed by atoms with van der Waals surface area (Å²) in [6, 6.07) is 5.49. The molecule has 0 bridgehead atoms. The normalized spacial score (nSPS) is 13.8. The topological polar surface area (TPSA) is 101 Å². The summed E-state index contributed by atoms with van der Waals surface area (Å²) in [5.41, 5.74) is 12.2. The maximum atomic E-state index is 8.15. The van der Waals surface area contributed by atoms with E-state index in [1.54, 1.807) is 18.5 Å². The second-order valence-electron chi connectivity index (χ2n) is 7.11. The highest BCUT2D eigenvalue weighted by Crippen LogP contribution is 2.20. The molecule has 6 nitrogen and oxygen atoms in total. The lowest BCUT2D eigenvalue weighted by atomic mass is 9.99. The number of nitrogens with two attached hydrogens (primary N) is 1. The third kappa shape index (κ3) is 6.30. The molecule has 0 unspecified atom stereocenters. The van der Waals surface area contributed by atoms with Gasteiger partial charge in [0, 0.05) is 18.4 Å². The molecule has 0 amide bonds. The average molecular weight is 406 g/mol.